The smallest absolute Gasteiger partial charge is 0.268 e. The number of carbonyl (C=O) groups is 1. The molecule has 2 aromatic rings. The van der Waals surface area contributed by atoms with Gasteiger partial charge in [0.1, 0.15) is 17.2 Å². The van der Waals surface area contributed by atoms with Crippen LogP contribution in [0.5, 0.6) is 5.75 Å². The summed E-state index contributed by atoms with van der Waals surface area (Å²) in [6.07, 6.45) is 2.99. The number of piperidine rings is 1. The minimum Gasteiger partial charge on any atom is -0.495 e. The topological polar surface area (TPSA) is 66.9 Å². The van der Waals surface area contributed by atoms with Crippen LogP contribution in [-0.2, 0) is 14.8 Å². The minimum atomic E-state index is -4.02. The van der Waals surface area contributed by atoms with Crippen molar-refractivity contribution in [3.8, 4) is 5.75 Å². The number of benzene rings is 2. The number of anilines is 1. The largest absolute Gasteiger partial charge is 0.495 e. The van der Waals surface area contributed by atoms with Gasteiger partial charge >= 0.3 is 0 Å². The van der Waals surface area contributed by atoms with Gasteiger partial charge in [0.25, 0.3) is 10.0 Å². The van der Waals surface area contributed by atoms with Gasteiger partial charge in [-0.25, -0.2) is 8.42 Å². The van der Waals surface area contributed by atoms with Crippen LogP contribution in [0.3, 0.4) is 0 Å². The number of rotatable bonds is 6. The number of likely N-dealkylation sites (tertiary alicyclic amines) is 1. The molecule has 0 aromatic heterocycles. The van der Waals surface area contributed by atoms with Gasteiger partial charge < -0.3 is 9.64 Å². The van der Waals surface area contributed by atoms with E-state index >= 15 is 0 Å². The number of amides is 1. The van der Waals surface area contributed by atoms with Crippen molar-refractivity contribution < 1.29 is 17.9 Å². The number of sulfonamides is 1. The average Bonchev–Trinajstić information content (AvgIpc) is 2.73. The van der Waals surface area contributed by atoms with E-state index in [0.717, 1.165) is 23.6 Å². The molecule has 8 heteroatoms. The van der Waals surface area contributed by atoms with Crippen molar-refractivity contribution >= 4 is 37.5 Å². The third-order valence-corrected chi connectivity index (χ3v) is 7.01. The summed E-state index contributed by atoms with van der Waals surface area (Å²) in [5, 5.41) is 0. The van der Waals surface area contributed by atoms with Crippen LogP contribution in [0.2, 0.25) is 0 Å². The minimum absolute atomic E-state index is 0.0136. The number of nitrogens with zero attached hydrogens (tertiary/aromatic N) is 2. The molecule has 1 aliphatic heterocycles. The van der Waals surface area contributed by atoms with Crippen molar-refractivity contribution in [2.75, 3.05) is 31.0 Å². The molecule has 0 unspecified atom stereocenters. The number of hydrogen-bond donors (Lipinski definition) is 0. The molecule has 0 saturated carbocycles. The van der Waals surface area contributed by atoms with E-state index in [-0.39, 0.29) is 23.1 Å². The van der Waals surface area contributed by atoms with E-state index in [1.54, 1.807) is 47.4 Å². The van der Waals surface area contributed by atoms with E-state index < -0.39 is 10.0 Å². The van der Waals surface area contributed by atoms with Crippen LogP contribution in [0.4, 0.5) is 5.69 Å². The van der Waals surface area contributed by atoms with E-state index in [9.17, 15) is 13.2 Å². The quantitative estimate of drug-likeness (QED) is 0.651. The predicted molar refractivity (Wildman–Crippen MR) is 112 cm³/mol. The molecule has 0 N–H and O–H groups in total. The first kappa shape index (κ1) is 20.7. The summed E-state index contributed by atoms with van der Waals surface area (Å²) in [5.74, 6) is 0.0376. The summed E-state index contributed by atoms with van der Waals surface area (Å²) in [4.78, 5) is 14.6. The second-order valence-corrected chi connectivity index (χ2v) is 9.33. The number of halogens is 1. The highest BCUT2D eigenvalue weighted by Crippen LogP contribution is 2.32. The summed E-state index contributed by atoms with van der Waals surface area (Å²) < 4.78 is 34.1. The van der Waals surface area contributed by atoms with Gasteiger partial charge in [0.2, 0.25) is 5.91 Å². The maximum Gasteiger partial charge on any atom is 0.268 e. The van der Waals surface area contributed by atoms with Crippen LogP contribution in [0.15, 0.2) is 57.9 Å². The first-order valence-electron chi connectivity index (χ1n) is 9.12. The van der Waals surface area contributed by atoms with Gasteiger partial charge in [0.15, 0.2) is 0 Å². The fourth-order valence-corrected chi connectivity index (χ4v) is 5.36. The first-order valence-corrected chi connectivity index (χ1v) is 11.4. The predicted octanol–water partition coefficient (Wildman–Crippen LogP) is 3.67. The highest BCUT2D eigenvalue weighted by molar-refractivity contribution is 9.10. The molecule has 150 valence electrons. The van der Waals surface area contributed by atoms with Gasteiger partial charge in [-0.05, 0) is 49.6 Å². The Kier molecular flexibility index (Phi) is 6.61. The summed E-state index contributed by atoms with van der Waals surface area (Å²) in [7, 11) is -2.60. The summed E-state index contributed by atoms with van der Waals surface area (Å²) >= 11 is 3.32. The molecule has 28 heavy (non-hydrogen) atoms. The van der Waals surface area contributed by atoms with Crippen molar-refractivity contribution in [3.63, 3.8) is 0 Å². The molecule has 0 aliphatic carbocycles. The SMILES string of the molecule is COc1ccc(Br)cc1S(=O)(=O)N(CC(=O)N1CCCCC1)c1ccccc1. The Hall–Kier alpha value is -2.06. The van der Waals surface area contributed by atoms with Gasteiger partial charge in [-0.2, -0.15) is 0 Å². The van der Waals surface area contributed by atoms with Crippen molar-refractivity contribution in [2.45, 2.75) is 24.2 Å². The van der Waals surface area contributed by atoms with Crippen LogP contribution in [0.1, 0.15) is 19.3 Å². The third-order valence-electron chi connectivity index (χ3n) is 4.73. The zero-order chi connectivity index (χ0) is 20.1. The van der Waals surface area contributed by atoms with Crippen LogP contribution in [0, 0.1) is 0 Å². The van der Waals surface area contributed by atoms with E-state index in [2.05, 4.69) is 15.9 Å². The lowest BCUT2D eigenvalue weighted by Gasteiger charge is -2.31. The second kappa shape index (κ2) is 8.96. The Morgan fingerprint density at radius 3 is 2.43 bits per heavy atom. The second-order valence-electron chi connectivity index (χ2n) is 6.58. The fraction of sp³-hybridized carbons (Fsp3) is 0.350. The number of carbonyl (C=O) groups excluding carboxylic acids is 1. The van der Waals surface area contributed by atoms with Crippen molar-refractivity contribution in [1.29, 1.82) is 0 Å². The van der Waals surface area contributed by atoms with Crippen molar-refractivity contribution in [3.05, 3.63) is 53.0 Å². The molecule has 0 bridgehead atoms. The number of para-hydroxylation sites is 1. The van der Waals surface area contributed by atoms with E-state index in [4.69, 9.17) is 4.74 Å². The Balaban J connectivity index is 2.01. The molecule has 0 spiro atoms. The first-order chi connectivity index (χ1) is 13.4. The summed E-state index contributed by atoms with van der Waals surface area (Å²) in [5.41, 5.74) is 0.440. The molecule has 1 aliphatic rings. The lowest BCUT2D eigenvalue weighted by atomic mass is 10.1. The molecular formula is C20H23BrN2O4S. The Morgan fingerprint density at radius 2 is 1.79 bits per heavy atom. The molecule has 0 radical (unpaired) electrons. The Morgan fingerprint density at radius 1 is 1.11 bits per heavy atom. The maximum absolute atomic E-state index is 13.5. The van der Waals surface area contributed by atoms with E-state index in [0.29, 0.717) is 23.2 Å². The monoisotopic (exact) mass is 466 g/mol. The van der Waals surface area contributed by atoms with Crippen LogP contribution >= 0.6 is 15.9 Å². The van der Waals surface area contributed by atoms with Gasteiger partial charge in [0, 0.05) is 17.6 Å². The highest BCUT2D eigenvalue weighted by Gasteiger charge is 2.31. The number of ether oxygens (including phenoxy) is 1. The third kappa shape index (κ3) is 4.50. The molecule has 2 aromatic carbocycles. The van der Waals surface area contributed by atoms with E-state index in [1.165, 1.54) is 13.2 Å². The summed E-state index contributed by atoms with van der Waals surface area (Å²) in [6, 6.07) is 13.5. The molecule has 1 saturated heterocycles. The lowest BCUT2D eigenvalue weighted by Crippen LogP contribution is -2.44. The molecular weight excluding hydrogens is 444 g/mol. The lowest BCUT2D eigenvalue weighted by molar-refractivity contribution is -0.130. The zero-order valence-electron chi connectivity index (χ0n) is 15.7. The molecule has 1 amide bonds. The van der Waals surface area contributed by atoms with Gasteiger partial charge in [0.05, 0.1) is 12.8 Å². The average molecular weight is 467 g/mol. The van der Waals surface area contributed by atoms with E-state index in [1.807, 2.05) is 0 Å². The Bertz CT molecular complexity index is 928. The molecule has 3 rings (SSSR count). The standard InChI is InChI=1S/C20H23BrN2O4S/c1-27-18-11-10-16(21)14-19(18)28(25,26)23(17-8-4-2-5-9-17)15-20(24)22-12-6-3-7-13-22/h2,4-5,8-11,14H,3,6-7,12-13,15H2,1H3. The fourth-order valence-electron chi connectivity index (χ4n) is 3.25. The maximum atomic E-state index is 13.5. The van der Waals surface area contributed by atoms with Crippen LogP contribution in [-0.4, -0.2) is 46.0 Å². The number of hydrogen-bond acceptors (Lipinski definition) is 4. The highest BCUT2D eigenvalue weighted by atomic mass is 79.9. The van der Waals surface area contributed by atoms with Crippen LogP contribution in [0.25, 0.3) is 0 Å². The normalized spacial score (nSPS) is 14.6. The van der Waals surface area contributed by atoms with Gasteiger partial charge in [-0.1, -0.05) is 34.1 Å². The number of methoxy groups -OCH3 is 1. The Labute approximate surface area is 174 Å². The zero-order valence-corrected chi connectivity index (χ0v) is 18.1. The summed E-state index contributed by atoms with van der Waals surface area (Å²) in [6.45, 7) is 1.09. The molecule has 1 heterocycles. The van der Waals surface area contributed by atoms with Gasteiger partial charge in [-0.15, -0.1) is 0 Å². The molecule has 1 fully saturated rings. The van der Waals surface area contributed by atoms with Crippen molar-refractivity contribution in [2.24, 2.45) is 0 Å². The molecule has 0 atom stereocenters. The molecule has 6 nitrogen and oxygen atoms in total. The van der Waals surface area contributed by atoms with Crippen molar-refractivity contribution in [1.82, 2.24) is 4.90 Å². The van der Waals surface area contributed by atoms with Crippen LogP contribution < -0.4 is 9.04 Å². The van der Waals surface area contributed by atoms with Gasteiger partial charge in [-0.3, -0.25) is 9.10 Å².